The summed E-state index contributed by atoms with van der Waals surface area (Å²) < 4.78 is 0. The molecule has 1 fully saturated rings. The Labute approximate surface area is 99.5 Å². The maximum absolute atomic E-state index is 11.5. The van der Waals surface area contributed by atoms with E-state index in [-0.39, 0.29) is 5.91 Å². The standard InChI is InChI=1S/C12H13ClN2O/c1-8-6-10(7-14-12(8)13)15-11(16)5-4-9-2-3-9/h4-7,9H,2-3H2,1H3,(H,15,16)/b5-4+. The summed E-state index contributed by atoms with van der Waals surface area (Å²) in [6.45, 7) is 1.85. The number of carbonyl (C=O) groups excluding carboxylic acids is 1. The van der Waals surface area contributed by atoms with Gasteiger partial charge in [0, 0.05) is 0 Å². The Hall–Kier alpha value is -1.35. The van der Waals surface area contributed by atoms with Crippen molar-refractivity contribution in [2.45, 2.75) is 19.8 Å². The molecule has 1 aromatic rings. The first kappa shape index (κ1) is 11.1. The number of nitrogens with one attached hydrogen (secondary N) is 1. The van der Waals surface area contributed by atoms with Crippen LogP contribution in [-0.2, 0) is 4.79 Å². The minimum atomic E-state index is -0.115. The Bertz CT molecular complexity index is 439. The molecule has 1 aliphatic carbocycles. The van der Waals surface area contributed by atoms with E-state index in [0.717, 1.165) is 5.56 Å². The molecular formula is C12H13ClN2O. The highest BCUT2D eigenvalue weighted by molar-refractivity contribution is 6.30. The molecule has 4 heteroatoms. The van der Waals surface area contributed by atoms with E-state index in [1.165, 1.54) is 12.8 Å². The zero-order valence-corrected chi connectivity index (χ0v) is 9.79. The molecule has 0 radical (unpaired) electrons. The van der Waals surface area contributed by atoms with Crippen LogP contribution in [0.5, 0.6) is 0 Å². The van der Waals surface area contributed by atoms with Crippen LogP contribution < -0.4 is 5.32 Å². The summed E-state index contributed by atoms with van der Waals surface area (Å²) in [7, 11) is 0. The van der Waals surface area contributed by atoms with Crippen LogP contribution >= 0.6 is 11.6 Å². The van der Waals surface area contributed by atoms with Crippen LogP contribution in [-0.4, -0.2) is 10.9 Å². The lowest BCUT2D eigenvalue weighted by molar-refractivity contribution is -0.111. The first-order valence-electron chi connectivity index (χ1n) is 5.26. The second-order valence-corrected chi connectivity index (χ2v) is 4.38. The zero-order chi connectivity index (χ0) is 11.5. The third-order valence-electron chi connectivity index (χ3n) is 2.42. The van der Waals surface area contributed by atoms with E-state index in [1.54, 1.807) is 18.3 Å². The molecule has 3 nitrogen and oxygen atoms in total. The number of halogens is 1. The summed E-state index contributed by atoms with van der Waals surface area (Å²) in [5.74, 6) is 0.492. The second kappa shape index (κ2) is 4.66. The molecule has 84 valence electrons. The van der Waals surface area contributed by atoms with Gasteiger partial charge in [-0.1, -0.05) is 17.7 Å². The molecule has 1 amide bonds. The fourth-order valence-electron chi connectivity index (χ4n) is 1.32. The number of aryl methyl sites for hydroxylation is 1. The number of aromatic nitrogens is 1. The number of hydrogen-bond acceptors (Lipinski definition) is 2. The van der Waals surface area contributed by atoms with Crippen LogP contribution in [0.15, 0.2) is 24.4 Å². The molecule has 0 spiro atoms. The molecule has 0 bridgehead atoms. The van der Waals surface area contributed by atoms with Crippen LogP contribution in [0.25, 0.3) is 0 Å². The summed E-state index contributed by atoms with van der Waals surface area (Å²) >= 11 is 5.79. The number of anilines is 1. The van der Waals surface area contributed by atoms with E-state index >= 15 is 0 Å². The monoisotopic (exact) mass is 236 g/mol. The Kier molecular flexibility index (Phi) is 3.25. The molecule has 1 N–H and O–H groups in total. The maximum atomic E-state index is 11.5. The van der Waals surface area contributed by atoms with Crippen molar-refractivity contribution in [3.63, 3.8) is 0 Å². The lowest BCUT2D eigenvalue weighted by Crippen LogP contribution is -2.08. The molecule has 2 rings (SSSR count). The van der Waals surface area contributed by atoms with Crippen molar-refractivity contribution in [1.29, 1.82) is 0 Å². The van der Waals surface area contributed by atoms with Gasteiger partial charge in [-0.25, -0.2) is 4.98 Å². The van der Waals surface area contributed by atoms with E-state index in [0.29, 0.717) is 16.8 Å². The predicted molar refractivity (Wildman–Crippen MR) is 64.5 cm³/mol. The van der Waals surface area contributed by atoms with Crippen LogP contribution in [0.1, 0.15) is 18.4 Å². The van der Waals surface area contributed by atoms with Crippen molar-refractivity contribution in [2.75, 3.05) is 5.32 Å². The van der Waals surface area contributed by atoms with Crippen molar-refractivity contribution < 1.29 is 4.79 Å². The molecule has 0 saturated heterocycles. The van der Waals surface area contributed by atoms with Gasteiger partial charge in [0.1, 0.15) is 5.15 Å². The Balaban J connectivity index is 1.97. The van der Waals surface area contributed by atoms with Crippen LogP contribution in [0, 0.1) is 12.8 Å². The van der Waals surface area contributed by atoms with Crippen LogP contribution in [0.2, 0.25) is 5.15 Å². The summed E-state index contributed by atoms with van der Waals surface area (Å²) in [5.41, 5.74) is 1.53. The average Bonchev–Trinajstić information content (AvgIpc) is 3.04. The predicted octanol–water partition coefficient (Wildman–Crippen LogP) is 2.95. The number of pyridine rings is 1. The van der Waals surface area contributed by atoms with E-state index in [1.807, 2.05) is 13.0 Å². The maximum Gasteiger partial charge on any atom is 0.248 e. The average molecular weight is 237 g/mol. The first-order valence-corrected chi connectivity index (χ1v) is 5.64. The highest BCUT2D eigenvalue weighted by atomic mass is 35.5. The first-order chi connectivity index (χ1) is 7.65. The van der Waals surface area contributed by atoms with Gasteiger partial charge in [-0.2, -0.15) is 0 Å². The SMILES string of the molecule is Cc1cc(NC(=O)/C=C/C2CC2)cnc1Cl. The van der Waals surface area contributed by atoms with Crippen molar-refractivity contribution in [2.24, 2.45) is 5.92 Å². The van der Waals surface area contributed by atoms with Gasteiger partial charge in [0.15, 0.2) is 0 Å². The molecular weight excluding hydrogens is 224 g/mol. The minimum Gasteiger partial charge on any atom is -0.321 e. The highest BCUT2D eigenvalue weighted by Crippen LogP contribution is 2.29. The van der Waals surface area contributed by atoms with Crippen molar-refractivity contribution in [3.8, 4) is 0 Å². The van der Waals surface area contributed by atoms with Crippen molar-refractivity contribution in [1.82, 2.24) is 4.98 Å². The topological polar surface area (TPSA) is 42.0 Å². The van der Waals surface area contributed by atoms with Crippen LogP contribution in [0.3, 0.4) is 0 Å². The second-order valence-electron chi connectivity index (χ2n) is 4.02. The van der Waals surface area contributed by atoms with Crippen molar-refractivity contribution in [3.05, 3.63) is 35.1 Å². The van der Waals surface area contributed by atoms with Gasteiger partial charge in [0.25, 0.3) is 0 Å². The molecule has 0 atom stereocenters. The van der Waals surface area contributed by atoms with E-state index in [4.69, 9.17) is 11.6 Å². The summed E-state index contributed by atoms with van der Waals surface area (Å²) in [4.78, 5) is 15.4. The number of allylic oxidation sites excluding steroid dienone is 1. The third-order valence-corrected chi connectivity index (χ3v) is 2.82. The summed E-state index contributed by atoms with van der Waals surface area (Å²) in [5, 5.41) is 3.21. The number of nitrogens with zero attached hydrogens (tertiary/aromatic N) is 1. The Morgan fingerprint density at radius 2 is 2.38 bits per heavy atom. The molecule has 0 aliphatic heterocycles. The smallest absolute Gasteiger partial charge is 0.248 e. The van der Waals surface area contributed by atoms with Gasteiger partial charge in [-0.15, -0.1) is 0 Å². The van der Waals surface area contributed by atoms with E-state index < -0.39 is 0 Å². The largest absolute Gasteiger partial charge is 0.321 e. The third kappa shape index (κ3) is 3.07. The van der Waals surface area contributed by atoms with Gasteiger partial charge in [-0.3, -0.25) is 4.79 Å². The summed E-state index contributed by atoms with van der Waals surface area (Å²) in [6.07, 6.45) is 7.49. The van der Waals surface area contributed by atoms with E-state index in [9.17, 15) is 4.79 Å². The lowest BCUT2D eigenvalue weighted by Gasteiger charge is -2.03. The number of carbonyl (C=O) groups is 1. The fourth-order valence-corrected chi connectivity index (χ4v) is 1.43. The van der Waals surface area contributed by atoms with Crippen molar-refractivity contribution >= 4 is 23.2 Å². The molecule has 16 heavy (non-hydrogen) atoms. The van der Waals surface area contributed by atoms with Gasteiger partial charge < -0.3 is 5.32 Å². The van der Waals surface area contributed by atoms with E-state index in [2.05, 4.69) is 10.3 Å². The quantitative estimate of drug-likeness (QED) is 0.648. The molecule has 1 heterocycles. The van der Waals surface area contributed by atoms with Gasteiger partial charge in [-0.05, 0) is 43.4 Å². The number of amides is 1. The molecule has 0 unspecified atom stereocenters. The van der Waals surface area contributed by atoms with Crippen LogP contribution in [0.4, 0.5) is 5.69 Å². The molecule has 1 aromatic heterocycles. The van der Waals surface area contributed by atoms with Gasteiger partial charge >= 0.3 is 0 Å². The molecule has 1 aliphatic rings. The number of hydrogen-bond donors (Lipinski definition) is 1. The Morgan fingerprint density at radius 1 is 1.62 bits per heavy atom. The molecule has 1 saturated carbocycles. The fraction of sp³-hybridized carbons (Fsp3) is 0.333. The van der Waals surface area contributed by atoms with Gasteiger partial charge in [0.2, 0.25) is 5.91 Å². The Morgan fingerprint density at radius 3 is 3.00 bits per heavy atom. The van der Waals surface area contributed by atoms with Gasteiger partial charge in [0.05, 0.1) is 11.9 Å². The zero-order valence-electron chi connectivity index (χ0n) is 9.03. The summed E-state index contributed by atoms with van der Waals surface area (Å²) in [6, 6.07) is 1.80. The normalized spacial score (nSPS) is 15.4. The molecule has 0 aromatic carbocycles. The minimum absolute atomic E-state index is 0.115. The highest BCUT2D eigenvalue weighted by Gasteiger charge is 2.17. The number of rotatable bonds is 3. The lowest BCUT2D eigenvalue weighted by atomic mass is 10.3.